The molecule has 0 aliphatic rings. The summed E-state index contributed by atoms with van der Waals surface area (Å²) in [7, 11) is 3.13. The molecule has 0 saturated heterocycles. The van der Waals surface area contributed by atoms with Gasteiger partial charge in [-0.1, -0.05) is 19.9 Å². The predicted octanol–water partition coefficient (Wildman–Crippen LogP) is 1.44. The number of para-hydroxylation sites is 1. The maximum Gasteiger partial charge on any atom is 0.203 e. The lowest BCUT2D eigenvalue weighted by Gasteiger charge is -2.17. The fraction of sp³-hybridized carbons (Fsp3) is 0.571. The fourth-order valence-electron chi connectivity index (χ4n) is 1.59. The summed E-state index contributed by atoms with van der Waals surface area (Å²) < 4.78 is 16.0. The van der Waals surface area contributed by atoms with Crippen LogP contribution in [-0.2, 0) is 0 Å². The Hall–Kier alpha value is -1.46. The number of aliphatic hydroxyl groups is 1. The van der Waals surface area contributed by atoms with E-state index in [1.165, 1.54) is 0 Å². The smallest absolute Gasteiger partial charge is 0.203 e. The van der Waals surface area contributed by atoms with Crippen molar-refractivity contribution in [3.05, 3.63) is 18.2 Å². The molecule has 1 aromatic carbocycles. The zero-order chi connectivity index (χ0) is 14.3. The van der Waals surface area contributed by atoms with Crippen molar-refractivity contribution in [2.45, 2.75) is 26.0 Å². The normalized spacial score (nSPS) is 12.3. The lowest BCUT2D eigenvalue weighted by Crippen LogP contribution is -2.35. The fourth-order valence-corrected chi connectivity index (χ4v) is 1.59. The number of ether oxygens (including phenoxy) is 3. The molecular formula is C14H23NO4. The minimum atomic E-state index is -0.571. The molecule has 0 unspecified atom stereocenters. The number of nitrogens with one attached hydrogen (secondary N) is 1. The van der Waals surface area contributed by atoms with Crippen LogP contribution >= 0.6 is 0 Å². The molecule has 0 fully saturated rings. The van der Waals surface area contributed by atoms with E-state index >= 15 is 0 Å². The van der Waals surface area contributed by atoms with Gasteiger partial charge in [0.15, 0.2) is 11.5 Å². The quantitative estimate of drug-likeness (QED) is 0.748. The van der Waals surface area contributed by atoms with Crippen LogP contribution in [0.4, 0.5) is 0 Å². The highest BCUT2D eigenvalue weighted by Gasteiger charge is 2.12. The molecule has 0 aliphatic carbocycles. The largest absolute Gasteiger partial charge is 0.493 e. The summed E-state index contributed by atoms with van der Waals surface area (Å²) in [6.07, 6.45) is -0.571. The topological polar surface area (TPSA) is 60.0 Å². The van der Waals surface area contributed by atoms with Crippen molar-refractivity contribution in [1.29, 1.82) is 0 Å². The molecule has 1 aromatic rings. The second kappa shape index (κ2) is 7.86. The van der Waals surface area contributed by atoms with E-state index in [1.54, 1.807) is 26.4 Å². The highest BCUT2D eigenvalue weighted by Crippen LogP contribution is 2.36. The standard InChI is InChI=1S/C14H23NO4/c1-10(2)15-8-11(16)9-19-13-7-5-6-12(17-3)14(13)18-4/h5-7,10-11,15-16H,8-9H2,1-4H3/t11-/m0/s1. The van der Waals surface area contributed by atoms with E-state index in [9.17, 15) is 5.11 Å². The van der Waals surface area contributed by atoms with E-state index < -0.39 is 6.10 Å². The second-order valence-corrected chi connectivity index (χ2v) is 4.52. The first-order valence-electron chi connectivity index (χ1n) is 6.33. The highest BCUT2D eigenvalue weighted by atomic mass is 16.5. The van der Waals surface area contributed by atoms with Crippen LogP contribution in [0.1, 0.15) is 13.8 Å². The van der Waals surface area contributed by atoms with Crippen LogP contribution in [0.25, 0.3) is 0 Å². The SMILES string of the molecule is COc1cccc(OC[C@@H](O)CNC(C)C)c1OC. The van der Waals surface area contributed by atoms with Crippen LogP contribution in [0.2, 0.25) is 0 Å². The third-order valence-corrected chi connectivity index (χ3v) is 2.56. The lowest BCUT2D eigenvalue weighted by atomic mass is 10.3. The summed E-state index contributed by atoms with van der Waals surface area (Å²) in [5.41, 5.74) is 0. The maximum atomic E-state index is 9.79. The van der Waals surface area contributed by atoms with E-state index in [0.29, 0.717) is 29.8 Å². The second-order valence-electron chi connectivity index (χ2n) is 4.52. The first kappa shape index (κ1) is 15.6. The van der Waals surface area contributed by atoms with Gasteiger partial charge in [-0.25, -0.2) is 0 Å². The maximum absolute atomic E-state index is 9.79. The Morgan fingerprint density at radius 2 is 1.84 bits per heavy atom. The van der Waals surface area contributed by atoms with Crippen molar-refractivity contribution < 1.29 is 19.3 Å². The predicted molar refractivity (Wildman–Crippen MR) is 74.2 cm³/mol. The van der Waals surface area contributed by atoms with Crippen molar-refractivity contribution in [2.75, 3.05) is 27.4 Å². The number of hydrogen-bond acceptors (Lipinski definition) is 5. The molecule has 1 rings (SSSR count). The Balaban J connectivity index is 2.57. The third-order valence-electron chi connectivity index (χ3n) is 2.56. The molecule has 0 spiro atoms. The average Bonchev–Trinajstić information content (AvgIpc) is 2.42. The Morgan fingerprint density at radius 3 is 2.42 bits per heavy atom. The zero-order valence-corrected chi connectivity index (χ0v) is 12.0. The van der Waals surface area contributed by atoms with E-state index in [-0.39, 0.29) is 6.61 Å². The minimum absolute atomic E-state index is 0.198. The third kappa shape index (κ3) is 4.96. The van der Waals surface area contributed by atoms with Crippen LogP contribution in [0.5, 0.6) is 17.2 Å². The summed E-state index contributed by atoms with van der Waals surface area (Å²) in [5, 5.41) is 12.9. The van der Waals surface area contributed by atoms with Gasteiger partial charge in [-0.15, -0.1) is 0 Å². The van der Waals surface area contributed by atoms with Gasteiger partial charge < -0.3 is 24.6 Å². The monoisotopic (exact) mass is 269 g/mol. The van der Waals surface area contributed by atoms with Crippen LogP contribution in [0.15, 0.2) is 18.2 Å². The first-order chi connectivity index (χ1) is 9.08. The number of hydrogen-bond donors (Lipinski definition) is 2. The molecule has 0 bridgehead atoms. The van der Waals surface area contributed by atoms with E-state index in [4.69, 9.17) is 14.2 Å². The number of rotatable bonds is 8. The van der Waals surface area contributed by atoms with Gasteiger partial charge in [0.1, 0.15) is 12.7 Å². The average molecular weight is 269 g/mol. The lowest BCUT2D eigenvalue weighted by molar-refractivity contribution is 0.102. The molecule has 108 valence electrons. The molecule has 0 aromatic heterocycles. The van der Waals surface area contributed by atoms with Gasteiger partial charge in [0.25, 0.3) is 0 Å². The summed E-state index contributed by atoms with van der Waals surface area (Å²) in [6.45, 7) is 4.74. The number of benzene rings is 1. The molecule has 1 atom stereocenters. The van der Waals surface area contributed by atoms with Crippen LogP contribution < -0.4 is 19.5 Å². The van der Waals surface area contributed by atoms with Crippen molar-refractivity contribution >= 4 is 0 Å². The Morgan fingerprint density at radius 1 is 1.16 bits per heavy atom. The van der Waals surface area contributed by atoms with Gasteiger partial charge in [-0.2, -0.15) is 0 Å². The van der Waals surface area contributed by atoms with Gasteiger partial charge in [-0.3, -0.25) is 0 Å². The van der Waals surface area contributed by atoms with Gasteiger partial charge in [-0.05, 0) is 12.1 Å². The van der Waals surface area contributed by atoms with E-state index in [2.05, 4.69) is 5.32 Å². The van der Waals surface area contributed by atoms with Crippen molar-refractivity contribution in [1.82, 2.24) is 5.32 Å². The zero-order valence-electron chi connectivity index (χ0n) is 12.0. The molecule has 5 nitrogen and oxygen atoms in total. The van der Waals surface area contributed by atoms with Crippen molar-refractivity contribution in [3.8, 4) is 17.2 Å². The van der Waals surface area contributed by atoms with Crippen LogP contribution in [0.3, 0.4) is 0 Å². The molecule has 0 aliphatic heterocycles. The molecule has 19 heavy (non-hydrogen) atoms. The summed E-state index contributed by atoms with van der Waals surface area (Å²) >= 11 is 0. The molecule has 0 radical (unpaired) electrons. The Kier molecular flexibility index (Phi) is 6.45. The Labute approximate surface area is 114 Å². The first-order valence-corrected chi connectivity index (χ1v) is 6.33. The van der Waals surface area contributed by atoms with Crippen molar-refractivity contribution in [2.24, 2.45) is 0 Å². The van der Waals surface area contributed by atoms with Crippen molar-refractivity contribution in [3.63, 3.8) is 0 Å². The summed E-state index contributed by atoms with van der Waals surface area (Å²) in [4.78, 5) is 0. The van der Waals surface area contributed by atoms with Gasteiger partial charge in [0.05, 0.1) is 14.2 Å². The van der Waals surface area contributed by atoms with Gasteiger partial charge >= 0.3 is 0 Å². The van der Waals surface area contributed by atoms with E-state index in [0.717, 1.165) is 0 Å². The number of methoxy groups -OCH3 is 2. The van der Waals surface area contributed by atoms with Gasteiger partial charge in [0.2, 0.25) is 5.75 Å². The molecule has 0 heterocycles. The van der Waals surface area contributed by atoms with Gasteiger partial charge in [0, 0.05) is 12.6 Å². The van der Waals surface area contributed by atoms with Crippen LogP contribution in [-0.4, -0.2) is 44.6 Å². The molecular weight excluding hydrogens is 246 g/mol. The molecule has 5 heteroatoms. The molecule has 0 amide bonds. The number of aliphatic hydroxyl groups excluding tert-OH is 1. The van der Waals surface area contributed by atoms with E-state index in [1.807, 2.05) is 19.9 Å². The molecule has 2 N–H and O–H groups in total. The highest BCUT2D eigenvalue weighted by molar-refractivity contribution is 5.51. The summed E-state index contributed by atoms with van der Waals surface area (Å²) in [6, 6.07) is 5.72. The minimum Gasteiger partial charge on any atom is -0.493 e. The van der Waals surface area contributed by atoms with Crippen LogP contribution in [0, 0.1) is 0 Å². The Bertz CT molecular complexity index is 382. The molecule has 0 saturated carbocycles. The summed E-state index contributed by atoms with van der Waals surface area (Å²) in [5.74, 6) is 1.70.